The zero-order chi connectivity index (χ0) is 16.6. The fraction of sp³-hybridized carbons (Fsp3) is 0. The van der Waals surface area contributed by atoms with Gasteiger partial charge in [0, 0.05) is 16.1 Å². The van der Waals surface area contributed by atoms with Gasteiger partial charge in [-0.15, -0.1) is 0 Å². The van der Waals surface area contributed by atoms with Gasteiger partial charge in [0.15, 0.2) is 5.75 Å². The lowest BCUT2D eigenvalue weighted by molar-refractivity contribution is 0.487. The van der Waals surface area contributed by atoms with Crippen molar-refractivity contribution < 1.29 is 12.6 Å². The van der Waals surface area contributed by atoms with Crippen LogP contribution in [-0.2, 0) is 10.1 Å². The van der Waals surface area contributed by atoms with Crippen LogP contribution in [0.5, 0.6) is 5.75 Å². The molecule has 2 aromatic carbocycles. The molecule has 1 heterocycles. The van der Waals surface area contributed by atoms with Gasteiger partial charge in [-0.3, -0.25) is 4.98 Å². The average Bonchev–Trinajstić information content (AvgIpc) is 2.51. The SMILES string of the molecule is O=S(=O)(Oc1cccc2cccnc12)c1cc(Cl)c(Cl)cc1Br. The first-order valence-corrected chi connectivity index (χ1v) is 9.27. The highest BCUT2D eigenvalue weighted by Crippen LogP contribution is 2.34. The minimum absolute atomic E-state index is 0.111. The average molecular weight is 433 g/mol. The molecule has 4 nitrogen and oxygen atoms in total. The normalized spacial score (nSPS) is 11.6. The predicted molar refractivity (Wildman–Crippen MR) is 93.7 cm³/mol. The predicted octanol–water partition coefficient (Wildman–Crippen LogP) is 5.07. The fourth-order valence-electron chi connectivity index (χ4n) is 2.00. The number of rotatable bonds is 3. The van der Waals surface area contributed by atoms with Crippen LogP contribution in [0.3, 0.4) is 0 Å². The van der Waals surface area contributed by atoms with Crippen molar-refractivity contribution in [1.82, 2.24) is 4.98 Å². The van der Waals surface area contributed by atoms with Crippen molar-refractivity contribution in [2.75, 3.05) is 0 Å². The molecule has 0 unspecified atom stereocenters. The van der Waals surface area contributed by atoms with Crippen LogP contribution in [-0.4, -0.2) is 13.4 Å². The van der Waals surface area contributed by atoms with Gasteiger partial charge in [0.1, 0.15) is 10.4 Å². The van der Waals surface area contributed by atoms with Crippen molar-refractivity contribution in [2.24, 2.45) is 0 Å². The number of halogens is 3. The molecular weight excluding hydrogens is 425 g/mol. The smallest absolute Gasteiger partial charge is 0.340 e. The molecule has 1 aromatic heterocycles. The summed E-state index contributed by atoms with van der Waals surface area (Å²) in [5.74, 6) is 0.140. The maximum atomic E-state index is 12.5. The summed E-state index contributed by atoms with van der Waals surface area (Å²) in [6, 6.07) is 11.3. The van der Waals surface area contributed by atoms with Crippen LogP contribution in [0.1, 0.15) is 0 Å². The van der Waals surface area contributed by atoms with E-state index in [1.807, 2.05) is 12.1 Å². The first-order chi connectivity index (χ1) is 10.9. The number of fused-ring (bicyclic) bond motifs is 1. The fourth-order valence-corrected chi connectivity index (χ4v) is 4.48. The van der Waals surface area contributed by atoms with Gasteiger partial charge < -0.3 is 4.18 Å². The maximum Gasteiger partial charge on any atom is 0.340 e. The molecular formula is C15H8BrCl2NO3S. The Morgan fingerprint density at radius 3 is 2.52 bits per heavy atom. The zero-order valence-corrected chi connectivity index (χ0v) is 15.2. The molecule has 0 radical (unpaired) electrons. The van der Waals surface area contributed by atoms with E-state index in [2.05, 4.69) is 20.9 Å². The van der Waals surface area contributed by atoms with Gasteiger partial charge in [-0.05, 0) is 40.2 Å². The van der Waals surface area contributed by atoms with Crippen LogP contribution in [0, 0.1) is 0 Å². The number of hydrogen-bond donors (Lipinski definition) is 0. The summed E-state index contributed by atoms with van der Waals surface area (Å²) in [4.78, 5) is 4.05. The molecule has 23 heavy (non-hydrogen) atoms. The van der Waals surface area contributed by atoms with E-state index in [9.17, 15) is 8.42 Å². The van der Waals surface area contributed by atoms with E-state index in [1.165, 1.54) is 18.2 Å². The van der Waals surface area contributed by atoms with Gasteiger partial charge in [0.2, 0.25) is 0 Å². The Labute approximate surface area is 151 Å². The van der Waals surface area contributed by atoms with Crippen molar-refractivity contribution in [1.29, 1.82) is 0 Å². The molecule has 118 valence electrons. The van der Waals surface area contributed by atoms with E-state index in [1.54, 1.807) is 18.3 Å². The number of benzene rings is 2. The Balaban J connectivity index is 2.09. The van der Waals surface area contributed by atoms with Crippen molar-refractivity contribution in [2.45, 2.75) is 4.90 Å². The minimum Gasteiger partial charge on any atom is -0.377 e. The molecule has 0 atom stereocenters. The van der Waals surface area contributed by atoms with Crippen LogP contribution < -0.4 is 4.18 Å². The van der Waals surface area contributed by atoms with E-state index in [-0.39, 0.29) is 25.2 Å². The number of pyridine rings is 1. The summed E-state index contributed by atoms with van der Waals surface area (Å²) in [7, 11) is -4.10. The highest BCUT2D eigenvalue weighted by molar-refractivity contribution is 9.10. The Bertz CT molecular complexity index is 1000. The molecule has 0 saturated carbocycles. The molecule has 0 N–H and O–H groups in total. The lowest BCUT2D eigenvalue weighted by atomic mass is 10.2. The van der Waals surface area contributed by atoms with Gasteiger partial charge in [0.25, 0.3) is 0 Å². The molecule has 0 amide bonds. The molecule has 0 bridgehead atoms. The molecule has 3 aromatic rings. The van der Waals surface area contributed by atoms with Gasteiger partial charge in [-0.1, -0.05) is 41.4 Å². The summed E-state index contributed by atoms with van der Waals surface area (Å²) >= 11 is 14.9. The van der Waals surface area contributed by atoms with Crippen LogP contribution in [0.2, 0.25) is 10.0 Å². The third kappa shape index (κ3) is 3.30. The molecule has 0 saturated heterocycles. The van der Waals surface area contributed by atoms with Crippen LogP contribution >= 0.6 is 39.1 Å². The van der Waals surface area contributed by atoms with Gasteiger partial charge >= 0.3 is 10.1 Å². The molecule has 3 rings (SSSR count). The van der Waals surface area contributed by atoms with E-state index < -0.39 is 10.1 Å². The van der Waals surface area contributed by atoms with Crippen LogP contribution in [0.4, 0.5) is 0 Å². The lowest BCUT2D eigenvalue weighted by Gasteiger charge is -2.11. The Hall–Kier alpha value is -1.34. The maximum absolute atomic E-state index is 12.5. The largest absolute Gasteiger partial charge is 0.377 e. The quantitative estimate of drug-likeness (QED) is 0.428. The van der Waals surface area contributed by atoms with Gasteiger partial charge in [-0.25, -0.2) is 0 Å². The lowest BCUT2D eigenvalue weighted by Crippen LogP contribution is -2.11. The molecule has 0 aliphatic rings. The number of para-hydroxylation sites is 1. The molecule has 0 spiro atoms. The van der Waals surface area contributed by atoms with E-state index in [0.29, 0.717) is 5.52 Å². The highest BCUT2D eigenvalue weighted by atomic mass is 79.9. The van der Waals surface area contributed by atoms with E-state index in [4.69, 9.17) is 27.4 Å². The number of nitrogens with zero attached hydrogens (tertiary/aromatic N) is 1. The van der Waals surface area contributed by atoms with Crippen molar-refractivity contribution in [3.8, 4) is 5.75 Å². The Kier molecular flexibility index (Phi) is 4.51. The monoisotopic (exact) mass is 431 g/mol. The summed E-state index contributed by atoms with van der Waals surface area (Å²) in [6.45, 7) is 0. The molecule has 0 aliphatic carbocycles. The number of hydrogen-bond acceptors (Lipinski definition) is 4. The first kappa shape index (κ1) is 16.5. The van der Waals surface area contributed by atoms with Crippen LogP contribution in [0.25, 0.3) is 10.9 Å². The van der Waals surface area contributed by atoms with Crippen molar-refractivity contribution >= 4 is 60.2 Å². The molecule has 0 fully saturated rings. The molecule has 0 aliphatic heterocycles. The second-order valence-corrected chi connectivity index (χ2v) is 7.75. The molecule has 8 heteroatoms. The van der Waals surface area contributed by atoms with Crippen molar-refractivity contribution in [3.05, 3.63) is 63.2 Å². The first-order valence-electron chi connectivity index (χ1n) is 6.31. The van der Waals surface area contributed by atoms with Gasteiger partial charge in [0.05, 0.1) is 10.0 Å². The van der Waals surface area contributed by atoms with Gasteiger partial charge in [-0.2, -0.15) is 8.42 Å². The standard InChI is InChI=1S/C15H8BrCl2NO3S/c16-10-7-11(17)12(18)8-14(10)23(20,21)22-13-5-1-3-9-4-2-6-19-15(9)13/h1-8H. The summed E-state index contributed by atoms with van der Waals surface area (Å²) < 4.78 is 30.6. The second-order valence-electron chi connectivity index (χ2n) is 4.57. The minimum atomic E-state index is -4.10. The van der Waals surface area contributed by atoms with Crippen molar-refractivity contribution in [3.63, 3.8) is 0 Å². The number of aromatic nitrogens is 1. The Morgan fingerprint density at radius 2 is 1.74 bits per heavy atom. The second kappa shape index (κ2) is 6.28. The highest BCUT2D eigenvalue weighted by Gasteiger charge is 2.23. The van der Waals surface area contributed by atoms with Crippen LogP contribution in [0.15, 0.2) is 58.0 Å². The topological polar surface area (TPSA) is 56.3 Å². The summed E-state index contributed by atoms with van der Waals surface area (Å²) in [5.41, 5.74) is 0.453. The zero-order valence-electron chi connectivity index (χ0n) is 11.3. The third-order valence-corrected chi connectivity index (χ3v) is 5.96. The summed E-state index contributed by atoms with van der Waals surface area (Å²) in [5, 5.41) is 1.13. The Morgan fingerprint density at radius 1 is 1.04 bits per heavy atom. The van der Waals surface area contributed by atoms with E-state index in [0.717, 1.165) is 5.39 Å². The third-order valence-electron chi connectivity index (χ3n) is 3.04. The van der Waals surface area contributed by atoms with E-state index >= 15 is 0 Å². The summed E-state index contributed by atoms with van der Waals surface area (Å²) in [6.07, 6.45) is 1.57.